The van der Waals surface area contributed by atoms with Crippen LogP contribution in [0.5, 0.6) is 0 Å². The number of likely N-dealkylation sites (N-methyl/N-ethyl adjacent to an activating group) is 1. The molecule has 1 amide bonds. The van der Waals surface area contributed by atoms with Crippen LogP contribution in [0.25, 0.3) is 10.8 Å². The van der Waals surface area contributed by atoms with E-state index in [9.17, 15) is 4.79 Å². The Morgan fingerprint density at radius 2 is 1.88 bits per heavy atom. The zero-order valence-corrected chi connectivity index (χ0v) is 9.05. The maximum Gasteiger partial charge on any atom is 0.252 e. The lowest BCUT2D eigenvalue weighted by atomic mass is 10.1. The molecule has 2 rings (SSSR count). The molecule has 3 nitrogen and oxygen atoms in total. The van der Waals surface area contributed by atoms with Gasteiger partial charge in [0.05, 0.1) is 0 Å². The molecule has 0 saturated heterocycles. The van der Waals surface area contributed by atoms with Crippen LogP contribution in [0.2, 0.25) is 0 Å². The Morgan fingerprint density at radius 1 is 1.19 bits per heavy atom. The van der Waals surface area contributed by atoms with E-state index in [1.165, 1.54) is 4.90 Å². The monoisotopic (exact) mass is 215 g/mol. The lowest BCUT2D eigenvalue weighted by molar-refractivity contribution is -0.120. The molecule has 16 heavy (non-hydrogen) atoms. The number of aliphatic hydroxyl groups is 1. The molecule has 0 aliphatic carbocycles. The quantitative estimate of drug-likeness (QED) is 0.829. The summed E-state index contributed by atoms with van der Waals surface area (Å²) < 4.78 is 0. The van der Waals surface area contributed by atoms with E-state index in [1.54, 1.807) is 7.05 Å². The second kappa shape index (κ2) is 4.33. The molecule has 1 N–H and O–H groups in total. The number of amides is 1. The minimum absolute atomic E-state index is 0.310. The number of fused-ring (bicyclic) bond motifs is 1. The summed E-state index contributed by atoms with van der Waals surface area (Å²) in [5.74, 6) is -0.310. The summed E-state index contributed by atoms with van der Waals surface area (Å²) >= 11 is 0. The van der Waals surface area contributed by atoms with Crippen molar-refractivity contribution in [2.24, 2.45) is 0 Å². The third-order valence-corrected chi connectivity index (χ3v) is 2.63. The Kier molecular flexibility index (Phi) is 2.88. The average molecular weight is 215 g/mol. The number of anilines is 1. The van der Waals surface area contributed by atoms with Crippen molar-refractivity contribution in [3.8, 4) is 0 Å². The first-order valence-electron chi connectivity index (χ1n) is 5.08. The van der Waals surface area contributed by atoms with Crippen molar-refractivity contribution in [3.05, 3.63) is 42.5 Å². The van der Waals surface area contributed by atoms with Gasteiger partial charge in [0.1, 0.15) is 6.61 Å². The van der Waals surface area contributed by atoms with E-state index in [1.807, 2.05) is 42.5 Å². The fourth-order valence-corrected chi connectivity index (χ4v) is 1.64. The Morgan fingerprint density at radius 3 is 2.56 bits per heavy atom. The molecule has 82 valence electrons. The van der Waals surface area contributed by atoms with Gasteiger partial charge in [-0.1, -0.05) is 30.3 Å². The average Bonchev–Trinajstić information content (AvgIpc) is 2.36. The molecule has 2 aromatic carbocycles. The topological polar surface area (TPSA) is 40.5 Å². The molecule has 0 atom stereocenters. The number of carbonyl (C=O) groups excluding carboxylic acids is 1. The molecule has 0 saturated carbocycles. The van der Waals surface area contributed by atoms with Gasteiger partial charge in [0, 0.05) is 12.7 Å². The molecular weight excluding hydrogens is 202 g/mol. The van der Waals surface area contributed by atoms with Crippen LogP contribution in [-0.4, -0.2) is 24.7 Å². The van der Waals surface area contributed by atoms with Crippen molar-refractivity contribution >= 4 is 22.4 Å². The molecule has 0 aromatic heterocycles. The first kappa shape index (κ1) is 10.6. The smallest absolute Gasteiger partial charge is 0.252 e. The van der Waals surface area contributed by atoms with Crippen LogP contribution in [0.1, 0.15) is 0 Å². The summed E-state index contributed by atoms with van der Waals surface area (Å²) in [6.07, 6.45) is 0. The van der Waals surface area contributed by atoms with Gasteiger partial charge in [-0.3, -0.25) is 4.79 Å². The summed E-state index contributed by atoms with van der Waals surface area (Å²) in [6.45, 7) is -0.469. The molecule has 0 bridgehead atoms. The third kappa shape index (κ3) is 1.90. The van der Waals surface area contributed by atoms with Crippen LogP contribution < -0.4 is 4.90 Å². The maximum atomic E-state index is 11.3. The largest absolute Gasteiger partial charge is 0.387 e. The lowest BCUT2D eigenvalue weighted by Crippen LogP contribution is -2.28. The SMILES string of the molecule is CN(C(=O)CO)c1ccc2ccccc2c1. The predicted octanol–water partition coefficient (Wildman–Crippen LogP) is 1.79. The van der Waals surface area contributed by atoms with Crippen molar-refractivity contribution in [1.29, 1.82) is 0 Å². The van der Waals surface area contributed by atoms with E-state index < -0.39 is 6.61 Å². The van der Waals surface area contributed by atoms with Crippen LogP contribution in [0.4, 0.5) is 5.69 Å². The van der Waals surface area contributed by atoms with E-state index in [2.05, 4.69) is 0 Å². The molecular formula is C13H13NO2. The summed E-state index contributed by atoms with van der Waals surface area (Å²) in [4.78, 5) is 12.8. The highest BCUT2D eigenvalue weighted by atomic mass is 16.3. The van der Waals surface area contributed by atoms with E-state index in [0.717, 1.165) is 16.5 Å². The van der Waals surface area contributed by atoms with Crippen molar-refractivity contribution in [2.75, 3.05) is 18.6 Å². The second-order valence-electron chi connectivity index (χ2n) is 3.64. The van der Waals surface area contributed by atoms with Crippen LogP contribution in [0.3, 0.4) is 0 Å². The zero-order valence-electron chi connectivity index (χ0n) is 9.05. The first-order valence-corrected chi connectivity index (χ1v) is 5.08. The lowest BCUT2D eigenvalue weighted by Gasteiger charge is -2.16. The van der Waals surface area contributed by atoms with Gasteiger partial charge < -0.3 is 10.0 Å². The normalized spacial score (nSPS) is 10.4. The van der Waals surface area contributed by atoms with E-state index in [-0.39, 0.29) is 5.91 Å². The highest BCUT2D eigenvalue weighted by Gasteiger charge is 2.09. The molecule has 2 aromatic rings. The number of hydrogen-bond donors (Lipinski definition) is 1. The Labute approximate surface area is 93.9 Å². The van der Waals surface area contributed by atoms with Crippen LogP contribution in [0, 0.1) is 0 Å². The standard InChI is InChI=1S/C13H13NO2/c1-14(13(16)9-15)12-7-6-10-4-2-3-5-11(10)8-12/h2-8,15H,9H2,1H3. The van der Waals surface area contributed by atoms with Gasteiger partial charge >= 0.3 is 0 Å². The summed E-state index contributed by atoms with van der Waals surface area (Å²) in [5, 5.41) is 11.0. The first-order chi connectivity index (χ1) is 7.72. The van der Waals surface area contributed by atoms with Crippen molar-refractivity contribution in [3.63, 3.8) is 0 Å². The van der Waals surface area contributed by atoms with Crippen LogP contribution in [0.15, 0.2) is 42.5 Å². The molecule has 3 heteroatoms. The van der Waals surface area contributed by atoms with Gasteiger partial charge in [0.2, 0.25) is 0 Å². The minimum atomic E-state index is -0.469. The fourth-order valence-electron chi connectivity index (χ4n) is 1.64. The highest BCUT2D eigenvalue weighted by molar-refractivity contribution is 5.96. The number of carbonyl (C=O) groups is 1. The molecule has 0 heterocycles. The summed E-state index contributed by atoms with van der Waals surface area (Å²) in [6, 6.07) is 13.7. The van der Waals surface area contributed by atoms with Crippen molar-refractivity contribution < 1.29 is 9.90 Å². The van der Waals surface area contributed by atoms with Gasteiger partial charge in [-0.15, -0.1) is 0 Å². The molecule has 0 fully saturated rings. The molecule has 0 aliphatic heterocycles. The Bertz CT molecular complexity index is 522. The number of aliphatic hydroxyl groups excluding tert-OH is 1. The Hall–Kier alpha value is -1.87. The molecule has 0 radical (unpaired) electrons. The van der Waals surface area contributed by atoms with E-state index in [4.69, 9.17) is 5.11 Å². The second-order valence-corrected chi connectivity index (χ2v) is 3.64. The van der Waals surface area contributed by atoms with Gasteiger partial charge in [-0.25, -0.2) is 0 Å². The fraction of sp³-hybridized carbons (Fsp3) is 0.154. The van der Waals surface area contributed by atoms with Crippen molar-refractivity contribution in [1.82, 2.24) is 0 Å². The number of hydrogen-bond acceptors (Lipinski definition) is 2. The van der Waals surface area contributed by atoms with E-state index in [0.29, 0.717) is 0 Å². The van der Waals surface area contributed by atoms with Gasteiger partial charge in [0.25, 0.3) is 5.91 Å². The van der Waals surface area contributed by atoms with Crippen LogP contribution >= 0.6 is 0 Å². The maximum absolute atomic E-state index is 11.3. The molecule has 0 spiro atoms. The summed E-state index contributed by atoms with van der Waals surface area (Å²) in [7, 11) is 1.66. The predicted molar refractivity (Wildman–Crippen MR) is 64.4 cm³/mol. The van der Waals surface area contributed by atoms with Gasteiger partial charge in [-0.2, -0.15) is 0 Å². The molecule has 0 aliphatic rings. The zero-order chi connectivity index (χ0) is 11.5. The summed E-state index contributed by atoms with van der Waals surface area (Å²) in [5.41, 5.74) is 0.790. The highest BCUT2D eigenvalue weighted by Crippen LogP contribution is 2.21. The van der Waals surface area contributed by atoms with Gasteiger partial charge in [-0.05, 0) is 22.9 Å². The number of benzene rings is 2. The number of nitrogens with zero attached hydrogens (tertiary/aromatic N) is 1. The number of rotatable bonds is 2. The van der Waals surface area contributed by atoms with Gasteiger partial charge in [0.15, 0.2) is 0 Å². The minimum Gasteiger partial charge on any atom is -0.387 e. The Balaban J connectivity index is 2.43. The van der Waals surface area contributed by atoms with Crippen LogP contribution in [-0.2, 0) is 4.79 Å². The third-order valence-electron chi connectivity index (χ3n) is 2.63. The van der Waals surface area contributed by atoms with Crippen molar-refractivity contribution in [2.45, 2.75) is 0 Å². The molecule has 0 unspecified atom stereocenters. The van der Waals surface area contributed by atoms with E-state index >= 15 is 0 Å².